The van der Waals surface area contributed by atoms with E-state index >= 15 is 0 Å². The molecule has 76 valence electrons. The smallest absolute Gasteiger partial charge is 0.0601 e. The highest BCUT2D eigenvalue weighted by atomic mass is 16.5. The zero-order chi connectivity index (χ0) is 9.26. The fourth-order valence-corrected chi connectivity index (χ4v) is 2.40. The molecule has 0 bridgehead atoms. The Morgan fingerprint density at radius 2 is 2.15 bits per heavy atom. The molecule has 2 fully saturated rings. The van der Waals surface area contributed by atoms with Crippen molar-refractivity contribution in [2.75, 3.05) is 26.7 Å². The van der Waals surface area contributed by atoms with Crippen LogP contribution in [0, 0.1) is 0 Å². The van der Waals surface area contributed by atoms with E-state index in [9.17, 15) is 0 Å². The van der Waals surface area contributed by atoms with Crippen molar-refractivity contribution in [1.29, 1.82) is 0 Å². The Balaban J connectivity index is 1.80. The van der Waals surface area contributed by atoms with Gasteiger partial charge in [-0.1, -0.05) is 0 Å². The Bertz CT molecular complexity index is 168. The van der Waals surface area contributed by atoms with Gasteiger partial charge in [-0.3, -0.25) is 4.90 Å². The van der Waals surface area contributed by atoms with Crippen LogP contribution in [0.25, 0.3) is 0 Å². The number of nitrogens with zero attached hydrogens (tertiary/aromatic N) is 1. The van der Waals surface area contributed by atoms with Crippen LogP contribution in [0.5, 0.6) is 0 Å². The summed E-state index contributed by atoms with van der Waals surface area (Å²) in [6, 6.07) is 1.50. The van der Waals surface area contributed by atoms with Crippen LogP contribution in [0.2, 0.25) is 0 Å². The van der Waals surface area contributed by atoms with E-state index in [-0.39, 0.29) is 0 Å². The second-order valence-corrected chi connectivity index (χ2v) is 4.27. The van der Waals surface area contributed by atoms with Gasteiger partial charge >= 0.3 is 0 Å². The first-order valence-electron chi connectivity index (χ1n) is 5.30. The highest BCUT2D eigenvalue weighted by Crippen LogP contribution is 2.29. The predicted molar refractivity (Wildman–Crippen MR) is 52.9 cm³/mol. The van der Waals surface area contributed by atoms with Gasteiger partial charge in [0.2, 0.25) is 0 Å². The molecule has 3 nitrogen and oxygen atoms in total. The molecule has 0 aromatic carbocycles. The number of piperazine rings is 1. The van der Waals surface area contributed by atoms with E-state index in [0.29, 0.717) is 12.1 Å². The van der Waals surface area contributed by atoms with E-state index in [1.807, 2.05) is 7.11 Å². The van der Waals surface area contributed by atoms with E-state index in [1.165, 1.54) is 19.4 Å². The van der Waals surface area contributed by atoms with E-state index in [1.54, 1.807) is 0 Å². The largest absolute Gasteiger partial charge is 0.381 e. The molecule has 1 aliphatic heterocycles. The van der Waals surface area contributed by atoms with Gasteiger partial charge < -0.3 is 10.1 Å². The molecular formula is C10H20N2O. The third-order valence-electron chi connectivity index (χ3n) is 3.42. The van der Waals surface area contributed by atoms with Crippen LogP contribution in [-0.2, 0) is 4.74 Å². The molecule has 13 heavy (non-hydrogen) atoms. The molecule has 1 atom stereocenters. The summed E-state index contributed by atoms with van der Waals surface area (Å²) in [5.74, 6) is 0. The van der Waals surface area contributed by atoms with Crippen molar-refractivity contribution < 1.29 is 4.74 Å². The molecule has 1 N–H and O–H groups in total. The van der Waals surface area contributed by atoms with E-state index < -0.39 is 0 Å². The molecule has 2 rings (SSSR count). The summed E-state index contributed by atoms with van der Waals surface area (Å²) < 4.78 is 5.30. The summed E-state index contributed by atoms with van der Waals surface area (Å²) in [4.78, 5) is 2.63. The molecule has 0 radical (unpaired) electrons. The van der Waals surface area contributed by atoms with Gasteiger partial charge in [-0.25, -0.2) is 0 Å². The minimum atomic E-state index is 0.534. The Kier molecular flexibility index (Phi) is 2.86. The van der Waals surface area contributed by atoms with Crippen LogP contribution in [0.15, 0.2) is 0 Å². The molecule has 0 spiro atoms. The third-order valence-corrected chi connectivity index (χ3v) is 3.42. The maximum Gasteiger partial charge on any atom is 0.0601 e. The van der Waals surface area contributed by atoms with E-state index in [0.717, 1.165) is 19.1 Å². The first-order chi connectivity index (χ1) is 6.31. The SMILES string of the molecule is COC1CC(N2CCNC[C@H]2C)C1. The van der Waals surface area contributed by atoms with Crippen LogP contribution >= 0.6 is 0 Å². The van der Waals surface area contributed by atoms with Crippen LogP contribution in [-0.4, -0.2) is 49.8 Å². The third kappa shape index (κ3) is 1.87. The number of methoxy groups -OCH3 is 1. The van der Waals surface area contributed by atoms with Crippen LogP contribution in [0.3, 0.4) is 0 Å². The highest BCUT2D eigenvalue weighted by molar-refractivity contribution is 4.92. The fraction of sp³-hybridized carbons (Fsp3) is 1.00. The van der Waals surface area contributed by atoms with Crippen molar-refractivity contribution in [2.24, 2.45) is 0 Å². The lowest BCUT2D eigenvalue weighted by atomic mass is 9.86. The normalized spacial score (nSPS) is 41.5. The first kappa shape index (κ1) is 9.44. The predicted octanol–water partition coefficient (Wildman–Crippen LogP) is 0.457. The topological polar surface area (TPSA) is 24.5 Å². The quantitative estimate of drug-likeness (QED) is 0.674. The number of ether oxygens (including phenoxy) is 1. The first-order valence-corrected chi connectivity index (χ1v) is 5.30. The Hall–Kier alpha value is -0.120. The molecule has 0 aromatic rings. The molecule has 1 saturated carbocycles. The summed E-state index contributed by atoms with van der Waals surface area (Å²) in [6.45, 7) is 5.82. The number of hydrogen-bond acceptors (Lipinski definition) is 3. The minimum absolute atomic E-state index is 0.534. The van der Waals surface area contributed by atoms with E-state index in [4.69, 9.17) is 4.74 Å². The van der Waals surface area contributed by atoms with Crippen LogP contribution in [0.1, 0.15) is 19.8 Å². The standard InChI is InChI=1S/C10H20N2O/c1-8-7-11-3-4-12(8)9-5-10(6-9)13-2/h8-11H,3-7H2,1-2H3/t8-,9?,10?/m1/s1. The zero-order valence-electron chi connectivity index (χ0n) is 8.62. The fourth-order valence-electron chi connectivity index (χ4n) is 2.40. The molecule has 1 aliphatic carbocycles. The lowest BCUT2D eigenvalue weighted by Crippen LogP contribution is -2.58. The highest BCUT2D eigenvalue weighted by Gasteiger charge is 2.36. The summed E-state index contributed by atoms with van der Waals surface area (Å²) in [5, 5.41) is 3.42. The van der Waals surface area contributed by atoms with Crippen molar-refractivity contribution >= 4 is 0 Å². The molecule has 1 saturated heterocycles. The van der Waals surface area contributed by atoms with Crippen LogP contribution < -0.4 is 5.32 Å². The summed E-state index contributed by atoms with van der Waals surface area (Å²) >= 11 is 0. The monoisotopic (exact) mass is 184 g/mol. The number of nitrogens with one attached hydrogen (secondary N) is 1. The van der Waals surface area contributed by atoms with Crippen molar-refractivity contribution in [3.8, 4) is 0 Å². The molecule has 2 aliphatic rings. The van der Waals surface area contributed by atoms with Gasteiger partial charge in [-0.05, 0) is 19.8 Å². The Morgan fingerprint density at radius 3 is 2.77 bits per heavy atom. The lowest BCUT2D eigenvalue weighted by molar-refractivity contribution is -0.0434. The van der Waals surface area contributed by atoms with Gasteiger partial charge in [0.25, 0.3) is 0 Å². The van der Waals surface area contributed by atoms with Gasteiger partial charge in [0, 0.05) is 38.8 Å². The zero-order valence-corrected chi connectivity index (χ0v) is 8.62. The summed E-state index contributed by atoms with van der Waals surface area (Å²) in [7, 11) is 1.82. The average Bonchev–Trinajstić information content (AvgIpc) is 2.06. The molecular weight excluding hydrogens is 164 g/mol. The van der Waals surface area contributed by atoms with Crippen molar-refractivity contribution in [1.82, 2.24) is 10.2 Å². The maximum atomic E-state index is 5.30. The number of hydrogen-bond donors (Lipinski definition) is 1. The minimum Gasteiger partial charge on any atom is -0.381 e. The molecule has 0 aromatic heterocycles. The van der Waals surface area contributed by atoms with Gasteiger partial charge in [0.05, 0.1) is 6.10 Å². The van der Waals surface area contributed by atoms with Gasteiger partial charge in [0.15, 0.2) is 0 Å². The van der Waals surface area contributed by atoms with Gasteiger partial charge in [-0.2, -0.15) is 0 Å². The lowest BCUT2D eigenvalue weighted by Gasteiger charge is -2.47. The van der Waals surface area contributed by atoms with Gasteiger partial charge in [-0.15, -0.1) is 0 Å². The van der Waals surface area contributed by atoms with E-state index in [2.05, 4.69) is 17.1 Å². The molecule has 0 amide bonds. The Morgan fingerprint density at radius 1 is 1.38 bits per heavy atom. The second-order valence-electron chi connectivity index (χ2n) is 4.27. The summed E-state index contributed by atoms with van der Waals surface area (Å²) in [6.07, 6.45) is 3.01. The van der Waals surface area contributed by atoms with Gasteiger partial charge in [0.1, 0.15) is 0 Å². The van der Waals surface area contributed by atoms with Crippen molar-refractivity contribution in [3.05, 3.63) is 0 Å². The van der Waals surface area contributed by atoms with Crippen LogP contribution in [0.4, 0.5) is 0 Å². The van der Waals surface area contributed by atoms with Crippen molar-refractivity contribution in [2.45, 2.75) is 38.0 Å². The maximum absolute atomic E-state index is 5.30. The molecule has 3 heteroatoms. The number of rotatable bonds is 2. The average molecular weight is 184 g/mol. The summed E-state index contributed by atoms with van der Waals surface area (Å²) in [5.41, 5.74) is 0. The second kappa shape index (κ2) is 3.95. The Labute approximate surface area is 80.4 Å². The molecule has 1 heterocycles. The van der Waals surface area contributed by atoms with Crippen molar-refractivity contribution in [3.63, 3.8) is 0 Å². The molecule has 0 unspecified atom stereocenters.